The van der Waals surface area contributed by atoms with E-state index in [1.807, 2.05) is 85.9 Å². The lowest BCUT2D eigenvalue weighted by atomic mass is 10.00. The SMILES string of the molecule is CC(=O)Nc1ccc2cc(CC(=O)N(C)Cc3cccc(-c4ccc(CC5SC(=O)NC5=O)cc4)c3)ccc2c1. The van der Waals surface area contributed by atoms with Gasteiger partial charge in [-0.25, -0.2) is 0 Å². The third-order valence-electron chi connectivity index (χ3n) is 6.83. The number of rotatable bonds is 8. The molecule has 1 atom stereocenters. The first-order valence-corrected chi connectivity index (χ1v) is 13.9. The molecule has 0 aromatic heterocycles. The van der Waals surface area contributed by atoms with E-state index in [0.717, 1.165) is 56.0 Å². The second kappa shape index (κ2) is 11.8. The highest BCUT2D eigenvalue weighted by atomic mass is 32.2. The number of hydrogen-bond acceptors (Lipinski definition) is 5. The molecule has 2 N–H and O–H groups in total. The van der Waals surface area contributed by atoms with E-state index in [1.54, 1.807) is 4.90 Å². The number of anilines is 1. The number of amides is 4. The van der Waals surface area contributed by atoms with E-state index < -0.39 is 0 Å². The molecule has 0 spiro atoms. The molecule has 1 saturated heterocycles. The number of carbonyl (C=O) groups excluding carboxylic acids is 4. The number of nitrogens with one attached hydrogen (secondary N) is 2. The quantitative estimate of drug-likeness (QED) is 0.299. The minimum Gasteiger partial charge on any atom is -0.341 e. The number of nitrogens with zero attached hydrogens (tertiary/aromatic N) is 1. The topological polar surface area (TPSA) is 95.6 Å². The van der Waals surface area contributed by atoms with Gasteiger partial charge in [-0.2, -0.15) is 0 Å². The van der Waals surface area contributed by atoms with Gasteiger partial charge in [-0.1, -0.05) is 78.5 Å². The number of imide groups is 1. The van der Waals surface area contributed by atoms with Gasteiger partial charge in [-0.15, -0.1) is 0 Å². The Morgan fingerprint density at radius 3 is 2.30 bits per heavy atom. The van der Waals surface area contributed by atoms with Crippen molar-refractivity contribution in [2.75, 3.05) is 12.4 Å². The summed E-state index contributed by atoms with van der Waals surface area (Å²) in [6.07, 6.45) is 0.800. The van der Waals surface area contributed by atoms with Crippen LogP contribution in [0.4, 0.5) is 10.5 Å². The molecule has 8 heteroatoms. The van der Waals surface area contributed by atoms with Crippen LogP contribution >= 0.6 is 11.8 Å². The van der Waals surface area contributed by atoms with Crippen molar-refractivity contribution in [2.45, 2.75) is 31.6 Å². The number of benzene rings is 4. The lowest BCUT2D eigenvalue weighted by molar-refractivity contribution is -0.129. The maximum absolute atomic E-state index is 13.0. The second-order valence-corrected chi connectivity index (χ2v) is 11.2. The number of fused-ring (bicyclic) bond motifs is 1. The molecule has 202 valence electrons. The summed E-state index contributed by atoms with van der Waals surface area (Å²) in [4.78, 5) is 49.4. The van der Waals surface area contributed by atoms with E-state index in [0.29, 0.717) is 19.4 Å². The van der Waals surface area contributed by atoms with Crippen molar-refractivity contribution in [1.29, 1.82) is 0 Å². The fourth-order valence-corrected chi connectivity index (χ4v) is 5.64. The molecule has 0 aliphatic carbocycles. The molecule has 0 bridgehead atoms. The third kappa shape index (κ3) is 6.58. The van der Waals surface area contributed by atoms with Gasteiger partial charge in [-0.05, 0) is 63.2 Å². The molecule has 1 heterocycles. The predicted molar refractivity (Wildman–Crippen MR) is 159 cm³/mol. The average molecular weight is 552 g/mol. The van der Waals surface area contributed by atoms with Gasteiger partial charge in [0.15, 0.2) is 0 Å². The molecule has 0 radical (unpaired) electrons. The Morgan fingerprint density at radius 1 is 0.850 bits per heavy atom. The van der Waals surface area contributed by atoms with E-state index in [4.69, 9.17) is 0 Å². The molecule has 4 aromatic rings. The van der Waals surface area contributed by atoms with Crippen LogP contribution in [0.2, 0.25) is 0 Å². The van der Waals surface area contributed by atoms with Gasteiger partial charge in [0.1, 0.15) is 0 Å². The first-order valence-electron chi connectivity index (χ1n) is 13.0. The van der Waals surface area contributed by atoms with Crippen molar-refractivity contribution >= 4 is 51.2 Å². The minimum absolute atomic E-state index is 0.0243. The standard InChI is InChI=1S/C32H29N3O4S/c1-20(36)33-28-13-12-26-14-22(8-11-27(26)18-28)17-30(37)35(2)19-23-4-3-5-25(15-23)24-9-6-21(7-10-24)16-29-31(38)34-32(39)40-29/h3-15,18,29H,16-17,19H2,1-2H3,(H,33,36)(H,34,38,39). The number of thioether (sulfide) groups is 1. The van der Waals surface area contributed by atoms with Gasteiger partial charge in [0.2, 0.25) is 17.7 Å². The average Bonchev–Trinajstić information content (AvgIpc) is 3.24. The van der Waals surface area contributed by atoms with Crippen molar-refractivity contribution in [3.05, 3.63) is 102 Å². The molecule has 0 saturated carbocycles. The Balaban J connectivity index is 1.20. The van der Waals surface area contributed by atoms with E-state index in [2.05, 4.69) is 16.7 Å². The van der Waals surface area contributed by atoms with Crippen molar-refractivity contribution in [3.8, 4) is 11.1 Å². The molecular formula is C32H29N3O4S. The first-order chi connectivity index (χ1) is 19.2. The van der Waals surface area contributed by atoms with Gasteiger partial charge in [0.05, 0.1) is 11.7 Å². The zero-order valence-electron chi connectivity index (χ0n) is 22.3. The Morgan fingerprint density at radius 2 is 1.57 bits per heavy atom. The second-order valence-electron chi connectivity index (χ2n) is 9.99. The summed E-state index contributed by atoms with van der Waals surface area (Å²) in [7, 11) is 1.81. The van der Waals surface area contributed by atoms with Crippen LogP contribution < -0.4 is 10.6 Å². The zero-order chi connectivity index (χ0) is 28.2. The fourth-order valence-electron chi connectivity index (χ4n) is 4.78. The Bertz CT molecular complexity index is 1620. The van der Waals surface area contributed by atoms with Crippen LogP contribution in [0.15, 0.2) is 84.9 Å². The van der Waals surface area contributed by atoms with Gasteiger partial charge in [0, 0.05) is 26.2 Å². The fraction of sp³-hybridized carbons (Fsp3) is 0.188. The monoisotopic (exact) mass is 551 g/mol. The zero-order valence-corrected chi connectivity index (χ0v) is 23.1. The van der Waals surface area contributed by atoms with Crippen molar-refractivity contribution in [1.82, 2.24) is 10.2 Å². The molecular weight excluding hydrogens is 522 g/mol. The van der Waals surface area contributed by atoms with E-state index in [9.17, 15) is 19.2 Å². The Kier molecular flexibility index (Phi) is 7.98. The normalized spacial score (nSPS) is 14.7. The van der Waals surface area contributed by atoms with Crippen LogP contribution in [0.5, 0.6) is 0 Å². The Hall–Kier alpha value is -4.43. The van der Waals surface area contributed by atoms with Crippen molar-refractivity contribution < 1.29 is 19.2 Å². The van der Waals surface area contributed by atoms with Gasteiger partial charge in [0.25, 0.3) is 5.24 Å². The van der Waals surface area contributed by atoms with Crippen LogP contribution in [0, 0.1) is 0 Å². The molecule has 5 rings (SSSR count). The van der Waals surface area contributed by atoms with Crippen LogP contribution in [0.25, 0.3) is 21.9 Å². The minimum atomic E-state index is -0.382. The number of hydrogen-bond donors (Lipinski definition) is 2. The van der Waals surface area contributed by atoms with Gasteiger partial charge >= 0.3 is 0 Å². The van der Waals surface area contributed by atoms with E-state index >= 15 is 0 Å². The van der Waals surface area contributed by atoms with Crippen LogP contribution in [0.1, 0.15) is 23.6 Å². The smallest absolute Gasteiger partial charge is 0.286 e. The van der Waals surface area contributed by atoms with Crippen molar-refractivity contribution in [3.63, 3.8) is 0 Å². The van der Waals surface area contributed by atoms with E-state index in [-0.39, 0.29) is 28.2 Å². The van der Waals surface area contributed by atoms with Gasteiger partial charge < -0.3 is 10.2 Å². The summed E-state index contributed by atoms with van der Waals surface area (Å²) >= 11 is 1.04. The molecule has 1 unspecified atom stereocenters. The molecule has 4 amide bonds. The first kappa shape index (κ1) is 27.1. The summed E-state index contributed by atoms with van der Waals surface area (Å²) in [6.45, 7) is 1.97. The number of carbonyl (C=O) groups is 4. The largest absolute Gasteiger partial charge is 0.341 e. The molecule has 7 nitrogen and oxygen atoms in total. The highest BCUT2D eigenvalue weighted by Gasteiger charge is 2.31. The molecule has 4 aromatic carbocycles. The highest BCUT2D eigenvalue weighted by molar-refractivity contribution is 8.15. The van der Waals surface area contributed by atoms with Crippen LogP contribution in [-0.2, 0) is 33.8 Å². The molecule has 1 fully saturated rings. The maximum Gasteiger partial charge on any atom is 0.286 e. The summed E-state index contributed by atoms with van der Waals surface area (Å²) in [5.74, 6) is -0.321. The summed E-state index contributed by atoms with van der Waals surface area (Å²) < 4.78 is 0. The molecule has 1 aliphatic rings. The maximum atomic E-state index is 13.0. The molecule has 40 heavy (non-hydrogen) atoms. The lowest BCUT2D eigenvalue weighted by Gasteiger charge is -2.18. The third-order valence-corrected chi connectivity index (χ3v) is 7.81. The predicted octanol–water partition coefficient (Wildman–Crippen LogP) is 5.56. The van der Waals surface area contributed by atoms with Crippen molar-refractivity contribution in [2.24, 2.45) is 0 Å². The summed E-state index contributed by atoms with van der Waals surface area (Å²) in [5, 5.41) is 6.46. The van der Waals surface area contributed by atoms with E-state index in [1.165, 1.54) is 6.92 Å². The lowest BCUT2D eigenvalue weighted by Crippen LogP contribution is -2.27. The number of likely N-dealkylation sites (N-methyl/N-ethyl adjacent to an activating group) is 1. The van der Waals surface area contributed by atoms with Crippen LogP contribution in [0.3, 0.4) is 0 Å². The highest BCUT2D eigenvalue weighted by Crippen LogP contribution is 2.26. The Labute approximate surface area is 236 Å². The van der Waals surface area contributed by atoms with Gasteiger partial charge in [-0.3, -0.25) is 24.5 Å². The summed E-state index contributed by atoms with van der Waals surface area (Å²) in [6, 6.07) is 27.8. The summed E-state index contributed by atoms with van der Waals surface area (Å²) in [5.41, 5.74) is 5.78. The molecule has 1 aliphatic heterocycles. The van der Waals surface area contributed by atoms with Crippen LogP contribution in [-0.4, -0.2) is 40.2 Å².